The number of nitrogens with one attached hydrogen (secondary N) is 1. The zero-order valence-corrected chi connectivity index (χ0v) is 10.6. The van der Waals surface area contributed by atoms with E-state index in [0.717, 1.165) is 12.1 Å². The van der Waals surface area contributed by atoms with Crippen molar-refractivity contribution in [3.05, 3.63) is 28.8 Å². The standard InChI is InChI=1S/C12H14F3NO3/c1-6-4-8(11(3,19)12(13,14)15)5-7(2)9(6)16-10(17)18/h4-5,16,19H,1-3H3,(H,17,18). The van der Waals surface area contributed by atoms with Crippen LogP contribution < -0.4 is 5.32 Å². The Bertz CT molecular complexity index is 486. The van der Waals surface area contributed by atoms with Crippen molar-refractivity contribution in [2.24, 2.45) is 0 Å². The second-order valence-electron chi connectivity index (χ2n) is 4.49. The van der Waals surface area contributed by atoms with Gasteiger partial charge in [-0.15, -0.1) is 0 Å². The number of carbonyl (C=O) groups is 1. The van der Waals surface area contributed by atoms with E-state index in [-0.39, 0.29) is 11.3 Å². The molecule has 0 aliphatic heterocycles. The number of halogens is 3. The van der Waals surface area contributed by atoms with Gasteiger partial charge in [0.15, 0.2) is 5.60 Å². The molecular weight excluding hydrogens is 263 g/mol. The molecule has 1 rings (SSSR count). The summed E-state index contributed by atoms with van der Waals surface area (Å²) >= 11 is 0. The van der Waals surface area contributed by atoms with Gasteiger partial charge >= 0.3 is 12.3 Å². The molecule has 1 atom stereocenters. The van der Waals surface area contributed by atoms with Crippen LogP contribution in [0.5, 0.6) is 0 Å². The Hall–Kier alpha value is -1.76. The van der Waals surface area contributed by atoms with Crippen molar-refractivity contribution < 1.29 is 28.2 Å². The van der Waals surface area contributed by atoms with Gasteiger partial charge < -0.3 is 10.2 Å². The topological polar surface area (TPSA) is 69.6 Å². The molecule has 4 nitrogen and oxygen atoms in total. The van der Waals surface area contributed by atoms with Crippen LogP contribution in [0, 0.1) is 13.8 Å². The van der Waals surface area contributed by atoms with Crippen molar-refractivity contribution in [2.45, 2.75) is 32.5 Å². The second kappa shape index (κ2) is 4.73. The van der Waals surface area contributed by atoms with E-state index in [9.17, 15) is 23.1 Å². The lowest BCUT2D eigenvalue weighted by Gasteiger charge is -2.28. The fraction of sp³-hybridized carbons (Fsp3) is 0.417. The molecule has 1 unspecified atom stereocenters. The maximum atomic E-state index is 12.7. The van der Waals surface area contributed by atoms with Crippen molar-refractivity contribution in [1.82, 2.24) is 0 Å². The lowest BCUT2D eigenvalue weighted by Crippen LogP contribution is -2.39. The van der Waals surface area contributed by atoms with E-state index in [2.05, 4.69) is 5.32 Å². The highest BCUT2D eigenvalue weighted by atomic mass is 19.4. The molecule has 0 aliphatic rings. The molecule has 0 radical (unpaired) electrons. The summed E-state index contributed by atoms with van der Waals surface area (Å²) in [6.45, 7) is 3.59. The van der Waals surface area contributed by atoms with Crippen molar-refractivity contribution in [1.29, 1.82) is 0 Å². The molecule has 0 aromatic heterocycles. The number of aryl methyl sites for hydroxylation is 2. The third-order valence-electron chi connectivity index (χ3n) is 2.88. The first-order valence-electron chi connectivity index (χ1n) is 5.37. The van der Waals surface area contributed by atoms with E-state index in [1.165, 1.54) is 13.8 Å². The second-order valence-corrected chi connectivity index (χ2v) is 4.49. The van der Waals surface area contributed by atoms with E-state index in [0.29, 0.717) is 18.1 Å². The first kappa shape index (κ1) is 15.3. The van der Waals surface area contributed by atoms with Gasteiger partial charge in [-0.25, -0.2) is 4.79 Å². The van der Waals surface area contributed by atoms with E-state index < -0.39 is 17.9 Å². The molecule has 1 aromatic rings. The van der Waals surface area contributed by atoms with Gasteiger partial charge in [0.1, 0.15) is 0 Å². The summed E-state index contributed by atoms with van der Waals surface area (Å²) in [6, 6.07) is 2.23. The van der Waals surface area contributed by atoms with Crippen LogP contribution in [0.15, 0.2) is 12.1 Å². The molecule has 0 saturated carbocycles. The van der Waals surface area contributed by atoms with Crippen LogP contribution in [-0.2, 0) is 5.60 Å². The summed E-state index contributed by atoms with van der Waals surface area (Å²) in [5, 5.41) is 20.3. The smallest absolute Gasteiger partial charge is 0.421 e. The third kappa shape index (κ3) is 2.98. The van der Waals surface area contributed by atoms with Crippen LogP contribution in [0.3, 0.4) is 0 Å². The van der Waals surface area contributed by atoms with Gasteiger partial charge in [0.05, 0.1) is 0 Å². The molecule has 0 bridgehead atoms. The Labute approximate surface area is 107 Å². The Morgan fingerprint density at radius 1 is 1.21 bits per heavy atom. The van der Waals surface area contributed by atoms with Gasteiger partial charge in [0.2, 0.25) is 0 Å². The van der Waals surface area contributed by atoms with Crippen molar-refractivity contribution in [3.8, 4) is 0 Å². The highest BCUT2D eigenvalue weighted by Gasteiger charge is 2.51. The highest BCUT2D eigenvalue weighted by molar-refractivity contribution is 5.85. The molecule has 0 heterocycles. The van der Waals surface area contributed by atoms with Gasteiger partial charge in [-0.05, 0) is 37.5 Å². The van der Waals surface area contributed by atoms with E-state index in [4.69, 9.17) is 5.11 Å². The predicted molar refractivity (Wildman–Crippen MR) is 63.2 cm³/mol. The Morgan fingerprint density at radius 3 is 1.95 bits per heavy atom. The van der Waals surface area contributed by atoms with Gasteiger partial charge in [-0.3, -0.25) is 5.32 Å². The minimum atomic E-state index is -4.81. The minimum Gasteiger partial charge on any atom is -0.465 e. The summed E-state index contributed by atoms with van der Waals surface area (Å²) in [4.78, 5) is 10.6. The molecule has 19 heavy (non-hydrogen) atoms. The zero-order valence-electron chi connectivity index (χ0n) is 10.6. The van der Waals surface area contributed by atoms with E-state index >= 15 is 0 Å². The van der Waals surface area contributed by atoms with Crippen LogP contribution in [0.4, 0.5) is 23.7 Å². The van der Waals surface area contributed by atoms with Gasteiger partial charge in [-0.2, -0.15) is 13.2 Å². The Balaban J connectivity index is 3.33. The lowest BCUT2D eigenvalue weighted by molar-refractivity contribution is -0.258. The molecule has 106 valence electrons. The van der Waals surface area contributed by atoms with Crippen molar-refractivity contribution in [2.75, 3.05) is 5.32 Å². The molecule has 0 aliphatic carbocycles. The number of rotatable bonds is 2. The van der Waals surface area contributed by atoms with Crippen LogP contribution in [0.25, 0.3) is 0 Å². The molecule has 1 amide bonds. The van der Waals surface area contributed by atoms with Crippen LogP contribution in [-0.4, -0.2) is 22.5 Å². The number of amides is 1. The number of aliphatic hydroxyl groups is 1. The van der Waals surface area contributed by atoms with Crippen LogP contribution >= 0.6 is 0 Å². The molecule has 0 fully saturated rings. The fourth-order valence-corrected chi connectivity index (χ4v) is 1.71. The average Bonchev–Trinajstić information content (AvgIpc) is 2.21. The fourth-order valence-electron chi connectivity index (χ4n) is 1.71. The predicted octanol–water partition coefficient (Wildman–Crippen LogP) is 3.16. The van der Waals surface area contributed by atoms with Crippen LogP contribution in [0.2, 0.25) is 0 Å². The average molecular weight is 277 g/mol. The van der Waals surface area contributed by atoms with E-state index in [1.54, 1.807) is 0 Å². The molecular formula is C12H14F3NO3. The molecule has 3 N–H and O–H groups in total. The summed E-state index contributed by atoms with van der Waals surface area (Å²) in [5.41, 5.74) is -2.48. The molecule has 1 aromatic carbocycles. The zero-order chi connectivity index (χ0) is 15.0. The maximum Gasteiger partial charge on any atom is 0.421 e. The van der Waals surface area contributed by atoms with Crippen molar-refractivity contribution in [3.63, 3.8) is 0 Å². The van der Waals surface area contributed by atoms with Gasteiger partial charge in [0.25, 0.3) is 0 Å². The van der Waals surface area contributed by atoms with E-state index in [1.807, 2.05) is 0 Å². The molecule has 0 spiro atoms. The number of carboxylic acid groups (broad SMARTS) is 1. The maximum absolute atomic E-state index is 12.7. The molecule has 7 heteroatoms. The third-order valence-corrected chi connectivity index (χ3v) is 2.88. The minimum absolute atomic E-state index is 0.217. The number of anilines is 1. The Morgan fingerprint density at radius 2 is 1.63 bits per heavy atom. The normalized spacial score (nSPS) is 14.9. The quantitative estimate of drug-likeness (QED) is 0.777. The summed E-state index contributed by atoms with van der Waals surface area (Å²) in [6.07, 6.45) is -6.12. The number of hydrogen-bond donors (Lipinski definition) is 3. The number of benzene rings is 1. The van der Waals surface area contributed by atoms with Crippen LogP contribution in [0.1, 0.15) is 23.6 Å². The number of alkyl halides is 3. The SMILES string of the molecule is Cc1cc(C(C)(O)C(F)(F)F)cc(C)c1NC(=O)O. The number of hydrogen-bond acceptors (Lipinski definition) is 2. The summed E-state index contributed by atoms with van der Waals surface area (Å²) in [5.74, 6) is 0. The highest BCUT2D eigenvalue weighted by Crippen LogP contribution is 2.40. The first-order chi connectivity index (χ1) is 8.46. The first-order valence-corrected chi connectivity index (χ1v) is 5.37. The largest absolute Gasteiger partial charge is 0.465 e. The van der Waals surface area contributed by atoms with Gasteiger partial charge in [-0.1, -0.05) is 12.1 Å². The van der Waals surface area contributed by atoms with Crippen molar-refractivity contribution >= 4 is 11.8 Å². The summed E-state index contributed by atoms with van der Waals surface area (Å²) < 4.78 is 38.2. The van der Waals surface area contributed by atoms with Gasteiger partial charge in [0, 0.05) is 5.69 Å². The summed E-state index contributed by atoms with van der Waals surface area (Å²) in [7, 11) is 0. The Kier molecular flexibility index (Phi) is 3.81. The lowest BCUT2D eigenvalue weighted by atomic mass is 9.91. The monoisotopic (exact) mass is 277 g/mol. The molecule has 0 saturated heterocycles.